The van der Waals surface area contributed by atoms with Gasteiger partial charge >= 0.3 is 0 Å². The highest BCUT2D eigenvalue weighted by Gasteiger charge is 2.23. The summed E-state index contributed by atoms with van der Waals surface area (Å²) in [4.78, 5) is 2.39. The lowest BCUT2D eigenvalue weighted by molar-refractivity contribution is 0.323. The number of piperidine rings is 1. The third kappa shape index (κ3) is 3.03. The van der Waals surface area contributed by atoms with Crippen molar-refractivity contribution in [3.8, 4) is 5.75 Å². The van der Waals surface area contributed by atoms with Crippen LogP contribution in [0.4, 0.5) is 5.69 Å². The predicted molar refractivity (Wildman–Crippen MR) is 80.7 cm³/mol. The highest BCUT2D eigenvalue weighted by Crippen LogP contribution is 2.32. The zero-order chi connectivity index (χ0) is 14.0. The molecular formula is C16H26N2O. The summed E-state index contributed by atoms with van der Waals surface area (Å²) in [6.07, 6.45) is 1.23. The average Bonchev–Trinajstić information content (AvgIpc) is 2.41. The van der Waals surface area contributed by atoms with Crippen LogP contribution < -0.4 is 10.2 Å². The zero-order valence-electron chi connectivity index (χ0n) is 12.5. The number of aromatic hydroxyl groups is 1. The lowest BCUT2D eigenvalue weighted by Gasteiger charge is -2.37. The first-order valence-electron chi connectivity index (χ1n) is 7.28. The Morgan fingerprint density at radius 2 is 2.05 bits per heavy atom. The molecule has 2 N–H and O–H groups in total. The molecule has 0 saturated carbocycles. The Morgan fingerprint density at radius 3 is 2.63 bits per heavy atom. The molecule has 1 aliphatic rings. The van der Waals surface area contributed by atoms with E-state index >= 15 is 0 Å². The van der Waals surface area contributed by atoms with E-state index in [0.29, 0.717) is 11.7 Å². The molecule has 3 nitrogen and oxygen atoms in total. The van der Waals surface area contributed by atoms with E-state index < -0.39 is 0 Å². The molecule has 1 saturated heterocycles. The molecule has 19 heavy (non-hydrogen) atoms. The van der Waals surface area contributed by atoms with Crippen LogP contribution in [0, 0.1) is 11.8 Å². The van der Waals surface area contributed by atoms with Crippen molar-refractivity contribution in [2.24, 2.45) is 11.8 Å². The minimum absolute atomic E-state index is 0.175. The van der Waals surface area contributed by atoms with Crippen LogP contribution in [0.2, 0.25) is 0 Å². The number of anilines is 1. The largest absolute Gasteiger partial charge is 0.508 e. The molecule has 3 unspecified atom stereocenters. The summed E-state index contributed by atoms with van der Waals surface area (Å²) < 4.78 is 0. The Hall–Kier alpha value is -1.22. The summed E-state index contributed by atoms with van der Waals surface area (Å²) in [6, 6.07) is 6.25. The molecule has 1 heterocycles. The quantitative estimate of drug-likeness (QED) is 0.878. The van der Waals surface area contributed by atoms with E-state index in [-0.39, 0.29) is 6.04 Å². The minimum Gasteiger partial charge on any atom is -0.508 e. The lowest BCUT2D eigenvalue weighted by Crippen LogP contribution is -2.38. The molecule has 0 radical (unpaired) electrons. The zero-order valence-corrected chi connectivity index (χ0v) is 12.5. The topological polar surface area (TPSA) is 35.5 Å². The van der Waals surface area contributed by atoms with Crippen LogP contribution in [0.15, 0.2) is 18.2 Å². The molecule has 0 aromatic heterocycles. The van der Waals surface area contributed by atoms with Gasteiger partial charge in [-0.05, 0) is 38.3 Å². The van der Waals surface area contributed by atoms with E-state index in [0.717, 1.165) is 30.3 Å². The SMILES string of the molecule is CNC(C)c1ccc(N2CCC(C)C(C)C2)cc1O. The minimum atomic E-state index is 0.175. The first-order chi connectivity index (χ1) is 9.02. The number of phenolic OH excluding ortho intramolecular Hbond substituents is 1. The molecule has 3 heteroatoms. The maximum absolute atomic E-state index is 10.2. The second-order valence-corrected chi connectivity index (χ2v) is 5.94. The fourth-order valence-corrected chi connectivity index (χ4v) is 2.75. The fraction of sp³-hybridized carbons (Fsp3) is 0.625. The second kappa shape index (κ2) is 5.83. The number of hydrogen-bond acceptors (Lipinski definition) is 3. The van der Waals surface area contributed by atoms with E-state index in [1.54, 1.807) is 0 Å². The van der Waals surface area contributed by atoms with Gasteiger partial charge in [-0.2, -0.15) is 0 Å². The normalized spacial score (nSPS) is 25.4. The van der Waals surface area contributed by atoms with Crippen LogP contribution in [-0.2, 0) is 0 Å². The third-order valence-corrected chi connectivity index (χ3v) is 4.61. The molecule has 2 rings (SSSR count). The summed E-state index contributed by atoms with van der Waals surface area (Å²) in [5.74, 6) is 1.91. The molecule has 3 atom stereocenters. The summed E-state index contributed by atoms with van der Waals surface area (Å²) in [5, 5.41) is 13.3. The van der Waals surface area contributed by atoms with Gasteiger partial charge in [-0.3, -0.25) is 0 Å². The van der Waals surface area contributed by atoms with Gasteiger partial charge in [-0.1, -0.05) is 19.9 Å². The van der Waals surface area contributed by atoms with Crippen molar-refractivity contribution in [2.75, 3.05) is 25.0 Å². The van der Waals surface area contributed by atoms with Gasteiger partial charge in [-0.25, -0.2) is 0 Å². The van der Waals surface area contributed by atoms with E-state index in [9.17, 15) is 5.11 Å². The molecule has 1 fully saturated rings. The van der Waals surface area contributed by atoms with Crippen molar-refractivity contribution in [1.82, 2.24) is 5.32 Å². The van der Waals surface area contributed by atoms with Gasteiger partial charge in [0.2, 0.25) is 0 Å². The molecule has 0 amide bonds. The van der Waals surface area contributed by atoms with Crippen LogP contribution in [0.25, 0.3) is 0 Å². The maximum atomic E-state index is 10.2. The number of hydrogen-bond donors (Lipinski definition) is 2. The van der Waals surface area contributed by atoms with Crippen LogP contribution >= 0.6 is 0 Å². The standard InChI is InChI=1S/C16H26N2O/c1-11-7-8-18(10-12(11)2)14-5-6-15(13(3)17-4)16(19)9-14/h5-6,9,11-13,17,19H,7-8,10H2,1-4H3. The predicted octanol–water partition coefficient (Wildman–Crippen LogP) is 3.15. The van der Waals surface area contributed by atoms with Gasteiger partial charge in [0.05, 0.1) is 0 Å². The van der Waals surface area contributed by atoms with E-state index in [1.165, 1.54) is 6.42 Å². The Labute approximate surface area is 116 Å². The summed E-state index contributed by atoms with van der Waals surface area (Å²) >= 11 is 0. The van der Waals surface area contributed by atoms with Gasteiger partial charge in [0.1, 0.15) is 5.75 Å². The van der Waals surface area contributed by atoms with Gasteiger partial charge in [0.25, 0.3) is 0 Å². The second-order valence-electron chi connectivity index (χ2n) is 5.94. The molecule has 0 aliphatic carbocycles. The molecule has 0 spiro atoms. The van der Waals surface area contributed by atoms with Crippen LogP contribution in [0.5, 0.6) is 5.75 Å². The highest BCUT2D eigenvalue weighted by atomic mass is 16.3. The number of phenols is 1. The summed E-state index contributed by atoms with van der Waals surface area (Å²) in [7, 11) is 1.91. The Bertz CT molecular complexity index is 433. The number of nitrogens with one attached hydrogen (secondary N) is 1. The number of benzene rings is 1. The van der Waals surface area contributed by atoms with Crippen molar-refractivity contribution in [3.63, 3.8) is 0 Å². The molecule has 1 aromatic rings. The van der Waals surface area contributed by atoms with Gasteiger partial charge in [0.15, 0.2) is 0 Å². The molecule has 1 aliphatic heterocycles. The number of nitrogens with zero attached hydrogens (tertiary/aromatic N) is 1. The molecular weight excluding hydrogens is 236 g/mol. The van der Waals surface area contributed by atoms with Crippen molar-refractivity contribution in [2.45, 2.75) is 33.2 Å². The van der Waals surface area contributed by atoms with Crippen molar-refractivity contribution < 1.29 is 5.11 Å². The Kier molecular flexibility index (Phi) is 4.35. The summed E-state index contributed by atoms with van der Waals surface area (Å²) in [6.45, 7) is 8.87. The van der Waals surface area contributed by atoms with Gasteiger partial charge < -0.3 is 15.3 Å². The number of rotatable bonds is 3. The van der Waals surface area contributed by atoms with Crippen molar-refractivity contribution in [1.29, 1.82) is 0 Å². The lowest BCUT2D eigenvalue weighted by atomic mass is 9.88. The van der Waals surface area contributed by atoms with E-state index in [1.807, 2.05) is 19.2 Å². The first kappa shape index (κ1) is 14.2. The fourth-order valence-electron chi connectivity index (χ4n) is 2.75. The van der Waals surface area contributed by atoms with Crippen molar-refractivity contribution >= 4 is 5.69 Å². The monoisotopic (exact) mass is 262 g/mol. The Balaban J connectivity index is 2.16. The Morgan fingerprint density at radius 1 is 1.32 bits per heavy atom. The van der Waals surface area contributed by atoms with E-state index in [2.05, 4.69) is 37.1 Å². The van der Waals surface area contributed by atoms with Crippen molar-refractivity contribution in [3.05, 3.63) is 23.8 Å². The van der Waals surface area contributed by atoms with Crippen LogP contribution in [0.1, 0.15) is 38.8 Å². The molecule has 1 aromatic carbocycles. The van der Waals surface area contributed by atoms with Gasteiger partial charge in [0, 0.05) is 36.4 Å². The first-order valence-corrected chi connectivity index (χ1v) is 7.28. The summed E-state index contributed by atoms with van der Waals surface area (Å²) in [5.41, 5.74) is 2.10. The molecule has 106 valence electrons. The third-order valence-electron chi connectivity index (χ3n) is 4.61. The van der Waals surface area contributed by atoms with Gasteiger partial charge in [-0.15, -0.1) is 0 Å². The van der Waals surface area contributed by atoms with Crippen LogP contribution in [0.3, 0.4) is 0 Å². The molecule has 0 bridgehead atoms. The maximum Gasteiger partial charge on any atom is 0.122 e. The van der Waals surface area contributed by atoms with E-state index in [4.69, 9.17) is 0 Å². The van der Waals surface area contributed by atoms with Crippen LogP contribution in [-0.4, -0.2) is 25.2 Å². The smallest absolute Gasteiger partial charge is 0.122 e. The highest BCUT2D eigenvalue weighted by molar-refractivity contribution is 5.54. The average molecular weight is 262 g/mol.